The minimum atomic E-state index is -0.460. The van der Waals surface area contributed by atoms with E-state index < -0.39 is 6.10 Å². The largest absolute Gasteiger partial charge is 0.388 e. The van der Waals surface area contributed by atoms with Crippen molar-refractivity contribution in [3.8, 4) is 0 Å². The van der Waals surface area contributed by atoms with Crippen molar-refractivity contribution in [2.75, 3.05) is 14.2 Å². The lowest BCUT2D eigenvalue weighted by Crippen LogP contribution is -2.46. The van der Waals surface area contributed by atoms with E-state index >= 15 is 0 Å². The quantitative estimate of drug-likeness (QED) is 0.752. The Bertz CT molecular complexity index is 147. The highest BCUT2D eigenvalue weighted by Gasteiger charge is 2.36. The molecule has 14 heavy (non-hydrogen) atoms. The second-order valence-electron chi connectivity index (χ2n) is 4.17. The van der Waals surface area contributed by atoms with E-state index in [1.807, 2.05) is 0 Å². The van der Waals surface area contributed by atoms with Gasteiger partial charge in [0.15, 0.2) is 0 Å². The number of hydrogen-bond donors (Lipinski definition) is 1. The lowest BCUT2D eigenvalue weighted by atomic mass is 9.81. The predicted octanol–water partition coefficient (Wildman–Crippen LogP) is 1.59. The molecule has 0 radical (unpaired) electrons. The number of ether oxygens (including phenoxy) is 2. The molecule has 4 atom stereocenters. The lowest BCUT2D eigenvalue weighted by molar-refractivity contribution is -0.126. The Balaban J connectivity index is 2.53. The van der Waals surface area contributed by atoms with Crippen molar-refractivity contribution in [1.29, 1.82) is 0 Å². The lowest BCUT2D eigenvalue weighted by Gasteiger charge is -2.37. The first-order valence-corrected chi connectivity index (χ1v) is 5.46. The zero-order valence-corrected chi connectivity index (χ0v) is 9.40. The SMILES string of the molecule is CCCC1C[C@H](OC)C(O)[C@H](OC)C1. The van der Waals surface area contributed by atoms with Crippen LogP contribution < -0.4 is 0 Å². The molecule has 84 valence electrons. The molecule has 0 bridgehead atoms. The summed E-state index contributed by atoms with van der Waals surface area (Å²) in [5.74, 6) is 0.637. The van der Waals surface area contributed by atoms with Crippen molar-refractivity contribution in [1.82, 2.24) is 0 Å². The molecule has 0 amide bonds. The first-order valence-electron chi connectivity index (χ1n) is 5.46. The minimum absolute atomic E-state index is 0.0507. The van der Waals surface area contributed by atoms with Crippen LogP contribution in [0.5, 0.6) is 0 Å². The van der Waals surface area contributed by atoms with E-state index in [1.165, 1.54) is 12.8 Å². The molecular weight excluding hydrogens is 180 g/mol. The number of rotatable bonds is 4. The van der Waals surface area contributed by atoms with E-state index in [-0.39, 0.29) is 12.2 Å². The number of aliphatic hydroxyl groups is 1. The Morgan fingerprint density at radius 2 is 1.64 bits per heavy atom. The van der Waals surface area contributed by atoms with Crippen molar-refractivity contribution in [3.63, 3.8) is 0 Å². The summed E-state index contributed by atoms with van der Waals surface area (Å²) >= 11 is 0. The van der Waals surface area contributed by atoms with Gasteiger partial charge in [-0.1, -0.05) is 19.8 Å². The molecule has 0 saturated heterocycles. The van der Waals surface area contributed by atoms with Gasteiger partial charge in [-0.3, -0.25) is 0 Å². The third-order valence-electron chi connectivity index (χ3n) is 3.20. The second kappa shape index (κ2) is 5.69. The Morgan fingerprint density at radius 1 is 1.14 bits per heavy atom. The van der Waals surface area contributed by atoms with Crippen LogP contribution in [0.15, 0.2) is 0 Å². The summed E-state index contributed by atoms with van der Waals surface area (Å²) in [7, 11) is 3.32. The van der Waals surface area contributed by atoms with E-state index in [0.29, 0.717) is 5.92 Å². The molecule has 0 heterocycles. The molecule has 1 aliphatic carbocycles. The van der Waals surface area contributed by atoms with Crippen LogP contribution in [-0.4, -0.2) is 37.6 Å². The van der Waals surface area contributed by atoms with Crippen molar-refractivity contribution in [3.05, 3.63) is 0 Å². The molecule has 3 nitrogen and oxygen atoms in total. The molecule has 0 aromatic rings. The molecule has 0 aromatic carbocycles. The van der Waals surface area contributed by atoms with Crippen molar-refractivity contribution >= 4 is 0 Å². The normalized spacial score (nSPS) is 38.6. The molecule has 1 saturated carbocycles. The van der Waals surface area contributed by atoms with Gasteiger partial charge in [-0.15, -0.1) is 0 Å². The van der Waals surface area contributed by atoms with Crippen molar-refractivity contribution in [2.24, 2.45) is 5.92 Å². The molecule has 1 N–H and O–H groups in total. The van der Waals surface area contributed by atoms with Gasteiger partial charge in [-0.2, -0.15) is 0 Å². The molecule has 1 rings (SSSR count). The van der Waals surface area contributed by atoms with Gasteiger partial charge in [0.25, 0.3) is 0 Å². The summed E-state index contributed by atoms with van der Waals surface area (Å²) in [4.78, 5) is 0. The van der Waals surface area contributed by atoms with Gasteiger partial charge >= 0.3 is 0 Å². The van der Waals surface area contributed by atoms with Gasteiger partial charge in [-0.05, 0) is 18.8 Å². The Kier molecular flexibility index (Phi) is 4.85. The van der Waals surface area contributed by atoms with E-state index in [4.69, 9.17) is 9.47 Å². The molecule has 3 heteroatoms. The van der Waals surface area contributed by atoms with Crippen molar-refractivity contribution < 1.29 is 14.6 Å². The Hall–Kier alpha value is -0.120. The monoisotopic (exact) mass is 202 g/mol. The molecule has 1 aliphatic rings. The average Bonchev–Trinajstić information content (AvgIpc) is 2.20. The Labute approximate surface area is 86.4 Å². The molecule has 0 spiro atoms. The highest BCUT2D eigenvalue weighted by atomic mass is 16.5. The van der Waals surface area contributed by atoms with Crippen LogP contribution in [-0.2, 0) is 9.47 Å². The summed E-state index contributed by atoms with van der Waals surface area (Å²) < 4.78 is 10.6. The van der Waals surface area contributed by atoms with Gasteiger partial charge in [0, 0.05) is 14.2 Å². The number of methoxy groups -OCH3 is 2. The van der Waals surface area contributed by atoms with Gasteiger partial charge in [-0.25, -0.2) is 0 Å². The van der Waals surface area contributed by atoms with Crippen LogP contribution in [0.4, 0.5) is 0 Å². The second-order valence-corrected chi connectivity index (χ2v) is 4.17. The topological polar surface area (TPSA) is 38.7 Å². The van der Waals surface area contributed by atoms with Crippen LogP contribution in [0, 0.1) is 5.92 Å². The number of hydrogen-bond acceptors (Lipinski definition) is 3. The highest BCUT2D eigenvalue weighted by molar-refractivity contribution is 4.87. The van der Waals surface area contributed by atoms with Gasteiger partial charge in [0.05, 0.1) is 12.2 Å². The van der Waals surface area contributed by atoms with E-state index in [0.717, 1.165) is 12.8 Å². The third kappa shape index (κ3) is 2.69. The summed E-state index contributed by atoms with van der Waals surface area (Å²) in [6.45, 7) is 2.19. The van der Waals surface area contributed by atoms with Gasteiger partial charge in [0.1, 0.15) is 6.10 Å². The first-order chi connectivity index (χ1) is 6.72. The maximum atomic E-state index is 9.86. The standard InChI is InChI=1S/C11H22O3/c1-4-5-8-6-9(13-2)11(12)10(7-8)14-3/h8-12H,4-7H2,1-3H3/t8?,9-,10+,11?. The van der Waals surface area contributed by atoms with Crippen LogP contribution in [0.25, 0.3) is 0 Å². The van der Waals surface area contributed by atoms with Crippen LogP contribution in [0.3, 0.4) is 0 Å². The fraction of sp³-hybridized carbons (Fsp3) is 1.00. The maximum absolute atomic E-state index is 9.86. The smallest absolute Gasteiger partial charge is 0.106 e. The summed E-state index contributed by atoms with van der Waals surface area (Å²) in [6.07, 6.45) is 3.75. The highest BCUT2D eigenvalue weighted by Crippen LogP contribution is 2.31. The molecule has 1 fully saturated rings. The van der Waals surface area contributed by atoms with Gasteiger partial charge in [0.2, 0.25) is 0 Å². The van der Waals surface area contributed by atoms with Crippen molar-refractivity contribution in [2.45, 2.75) is 50.9 Å². The fourth-order valence-corrected chi connectivity index (χ4v) is 2.39. The zero-order valence-electron chi connectivity index (χ0n) is 9.40. The van der Waals surface area contributed by atoms with Crippen LogP contribution in [0.1, 0.15) is 32.6 Å². The van der Waals surface area contributed by atoms with E-state index in [2.05, 4.69) is 6.92 Å². The summed E-state index contributed by atoms with van der Waals surface area (Å²) in [6, 6.07) is 0. The molecule has 0 aliphatic heterocycles. The van der Waals surface area contributed by atoms with Gasteiger partial charge < -0.3 is 14.6 Å². The molecular formula is C11H22O3. The summed E-state index contributed by atoms with van der Waals surface area (Å²) in [5.41, 5.74) is 0. The Morgan fingerprint density at radius 3 is 2.00 bits per heavy atom. The molecule has 2 unspecified atom stereocenters. The minimum Gasteiger partial charge on any atom is -0.388 e. The first kappa shape index (κ1) is 12.0. The predicted molar refractivity (Wildman–Crippen MR) is 55.2 cm³/mol. The third-order valence-corrected chi connectivity index (χ3v) is 3.20. The van der Waals surface area contributed by atoms with E-state index in [1.54, 1.807) is 14.2 Å². The molecule has 0 aromatic heterocycles. The summed E-state index contributed by atoms with van der Waals surface area (Å²) in [5, 5.41) is 9.86. The number of aliphatic hydroxyl groups excluding tert-OH is 1. The van der Waals surface area contributed by atoms with Crippen LogP contribution >= 0.6 is 0 Å². The maximum Gasteiger partial charge on any atom is 0.106 e. The van der Waals surface area contributed by atoms with Crippen LogP contribution in [0.2, 0.25) is 0 Å². The van der Waals surface area contributed by atoms with E-state index in [9.17, 15) is 5.11 Å². The fourth-order valence-electron chi connectivity index (χ4n) is 2.39. The average molecular weight is 202 g/mol. The zero-order chi connectivity index (χ0) is 10.6.